The Bertz CT molecular complexity index is 577. The third-order valence-corrected chi connectivity index (χ3v) is 3.89. The average molecular weight is 288 g/mol. The van der Waals surface area contributed by atoms with E-state index in [4.69, 9.17) is 11.6 Å². The fourth-order valence-electron chi connectivity index (χ4n) is 2.53. The van der Waals surface area contributed by atoms with E-state index in [-0.39, 0.29) is 6.04 Å². The second-order valence-corrected chi connectivity index (χ2v) is 5.53. The Labute approximate surface area is 127 Å². The molecule has 0 fully saturated rings. The van der Waals surface area contributed by atoms with Crippen LogP contribution in [-0.2, 0) is 6.42 Å². The molecule has 0 spiro atoms. The number of hydrogen-bond donors (Lipinski definition) is 1. The molecule has 2 heteroatoms. The molecule has 2 rings (SSSR count). The molecule has 0 bridgehead atoms. The van der Waals surface area contributed by atoms with E-state index in [0.29, 0.717) is 0 Å². The summed E-state index contributed by atoms with van der Waals surface area (Å²) >= 11 is 6.18. The van der Waals surface area contributed by atoms with Crippen LogP contribution in [0.5, 0.6) is 0 Å². The molecule has 0 aliphatic rings. The molecule has 1 nitrogen and oxygen atoms in total. The molecule has 1 unspecified atom stereocenters. The fraction of sp³-hybridized carbons (Fsp3) is 0.333. The van der Waals surface area contributed by atoms with E-state index in [1.54, 1.807) is 0 Å². The van der Waals surface area contributed by atoms with Crippen LogP contribution in [-0.4, -0.2) is 6.54 Å². The van der Waals surface area contributed by atoms with Gasteiger partial charge in [0, 0.05) is 5.02 Å². The van der Waals surface area contributed by atoms with Crippen molar-refractivity contribution >= 4 is 11.6 Å². The fourth-order valence-corrected chi connectivity index (χ4v) is 2.71. The van der Waals surface area contributed by atoms with Gasteiger partial charge in [0.15, 0.2) is 0 Å². The summed E-state index contributed by atoms with van der Waals surface area (Å²) in [5.74, 6) is 0. The Morgan fingerprint density at radius 1 is 1.10 bits per heavy atom. The summed E-state index contributed by atoms with van der Waals surface area (Å²) in [5, 5.41) is 4.37. The molecule has 1 atom stereocenters. The van der Waals surface area contributed by atoms with Crippen LogP contribution >= 0.6 is 11.6 Å². The molecular formula is C18H22ClN. The van der Waals surface area contributed by atoms with Crippen LogP contribution in [0, 0.1) is 6.92 Å². The predicted molar refractivity (Wildman–Crippen MR) is 87.5 cm³/mol. The molecule has 0 saturated carbocycles. The standard InChI is InChI=1S/C18H22ClN/c1-4-14-7-6-8-15(11-14)18(20-5-2)17-12-16(19)10-9-13(17)3/h6-12,18,20H,4-5H2,1-3H3. The summed E-state index contributed by atoms with van der Waals surface area (Å²) in [4.78, 5) is 0. The van der Waals surface area contributed by atoms with Gasteiger partial charge in [-0.15, -0.1) is 0 Å². The lowest BCUT2D eigenvalue weighted by Gasteiger charge is -2.22. The van der Waals surface area contributed by atoms with Gasteiger partial charge < -0.3 is 5.32 Å². The molecule has 2 aromatic carbocycles. The predicted octanol–water partition coefficient (Wildman–Crippen LogP) is 4.91. The van der Waals surface area contributed by atoms with Gasteiger partial charge in [0.1, 0.15) is 0 Å². The third-order valence-electron chi connectivity index (χ3n) is 3.65. The Kier molecular flexibility index (Phi) is 5.22. The molecule has 0 heterocycles. The summed E-state index contributed by atoms with van der Waals surface area (Å²) in [7, 11) is 0. The molecule has 106 valence electrons. The zero-order valence-electron chi connectivity index (χ0n) is 12.4. The second-order valence-electron chi connectivity index (χ2n) is 5.09. The quantitative estimate of drug-likeness (QED) is 0.824. The maximum Gasteiger partial charge on any atom is 0.0579 e. The first-order valence-electron chi connectivity index (χ1n) is 7.24. The lowest BCUT2D eigenvalue weighted by atomic mass is 9.93. The monoisotopic (exact) mass is 287 g/mol. The van der Waals surface area contributed by atoms with Crippen LogP contribution in [0.3, 0.4) is 0 Å². The minimum absolute atomic E-state index is 0.199. The first-order valence-corrected chi connectivity index (χ1v) is 7.61. The number of halogens is 1. The SMILES string of the molecule is CCNC(c1cccc(CC)c1)c1cc(Cl)ccc1C. The number of hydrogen-bond acceptors (Lipinski definition) is 1. The van der Waals surface area contributed by atoms with E-state index in [1.165, 1.54) is 22.3 Å². The molecule has 0 radical (unpaired) electrons. The highest BCUT2D eigenvalue weighted by molar-refractivity contribution is 6.30. The highest BCUT2D eigenvalue weighted by atomic mass is 35.5. The summed E-state index contributed by atoms with van der Waals surface area (Å²) in [6.07, 6.45) is 1.06. The smallest absolute Gasteiger partial charge is 0.0579 e. The Morgan fingerprint density at radius 2 is 1.90 bits per heavy atom. The molecule has 2 aromatic rings. The molecule has 0 amide bonds. The zero-order chi connectivity index (χ0) is 14.5. The minimum Gasteiger partial charge on any atom is -0.307 e. The van der Waals surface area contributed by atoms with Gasteiger partial charge in [-0.1, -0.05) is 55.8 Å². The van der Waals surface area contributed by atoms with E-state index in [1.807, 2.05) is 6.07 Å². The molecule has 0 saturated heterocycles. The van der Waals surface area contributed by atoms with Crippen molar-refractivity contribution in [2.24, 2.45) is 0 Å². The summed E-state index contributed by atoms with van der Waals surface area (Å²) < 4.78 is 0. The lowest BCUT2D eigenvalue weighted by molar-refractivity contribution is 0.627. The molecule has 0 aromatic heterocycles. The van der Waals surface area contributed by atoms with Crippen LogP contribution in [0.25, 0.3) is 0 Å². The molecular weight excluding hydrogens is 266 g/mol. The van der Waals surface area contributed by atoms with Crippen molar-refractivity contribution < 1.29 is 0 Å². The first kappa shape index (κ1) is 15.1. The van der Waals surface area contributed by atoms with Crippen molar-refractivity contribution in [2.45, 2.75) is 33.2 Å². The van der Waals surface area contributed by atoms with Crippen molar-refractivity contribution in [1.82, 2.24) is 5.32 Å². The lowest BCUT2D eigenvalue weighted by Crippen LogP contribution is -2.23. The van der Waals surface area contributed by atoms with Crippen LogP contribution in [0.2, 0.25) is 5.02 Å². The summed E-state index contributed by atoms with van der Waals surface area (Å²) in [6.45, 7) is 7.38. The van der Waals surface area contributed by atoms with Crippen LogP contribution < -0.4 is 5.32 Å². The van der Waals surface area contributed by atoms with Gasteiger partial charge in [-0.05, 0) is 54.3 Å². The Balaban J connectivity index is 2.46. The van der Waals surface area contributed by atoms with Crippen molar-refractivity contribution in [3.8, 4) is 0 Å². The largest absolute Gasteiger partial charge is 0.307 e. The van der Waals surface area contributed by atoms with Gasteiger partial charge >= 0.3 is 0 Å². The number of rotatable bonds is 5. The van der Waals surface area contributed by atoms with Gasteiger partial charge in [-0.25, -0.2) is 0 Å². The number of aryl methyl sites for hydroxylation is 2. The van der Waals surface area contributed by atoms with Gasteiger partial charge in [0.2, 0.25) is 0 Å². The van der Waals surface area contributed by atoms with Crippen LogP contribution in [0.15, 0.2) is 42.5 Å². The van der Waals surface area contributed by atoms with E-state index in [0.717, 1.165) is 18.0 Å². The Hall–Kier alpha value is -1.31. The van der Waals surface area contributed by atoms with E-state index < -0.39 is 0 Å². The van der Waals surface area contributed by atoms with Crippen LogP contribution in [0.4, 0.5) is 0 Å². The van der Waals surface area contributed by atoms with E-state index >= 15 is 0 Å². The van der Waals surface area contributed by atoms with Crippen molar-refractivity contribution in [3.63, 3.8) is 0 Å². The topological polar surface area (TPSA) is 12.0 Å². The maximum absolute atomic E-state index is 6.18. The third kappa shape index (κ3) is 3.41. The molecule has 0 aliphatic heterocycles. The summed E-state index contributed by atoms with van der Waals surface area (Å²) in [5.41, 5.74) is 5.19. The molecule has 1 N–H and O–H groups in total. The summed E-state index contributed by atoms with van der Waals surface area (Å²) in [6, 6.07) is 15.1. The second kappa shape index (κ2) is 6.92. The Morgan fingerprint density at radius 3 is 2.60 bits per heavy atom. The van der Waals surface area contributed by atoms with Gasteiger partial charge in [0.05, 0.1) is 6.04 Å². The van der Waals surface area contributed by atoms with Crippen molar-refractivity contribution in [3.05, 3.63) is 69.7 Å². The molecule has 20 heavy (non-hydrogen) atoms. The minimum atomic E-state index is 0.199. The van der Waals surface area contributed by atoms with Gasteiger partial charge in [-0.2, -0.15) is 0 Å². The zero-order valence-corrected chi connectivity index (χ0v) is 13.2. The van der Waals surface area contributed by atoms with E-state index in [2.05, 4.69) is 62.5 Å². The van der Waals surface area contributed by atoms with Crippen molar-refractivity contribution in [2.75, 3.05) is 6.54 Å². The van der Waals surface area contributed by atoms with Gasteiger partial charge in [-0.3, -0.25) is 0 Å². The maximum atomic E-state index is 6.18. The highest BCUT2D eigenvalue weighted by Crippen LogP contribution is 2.28. The first-order chi connectivity index (χ1) is 9.65. The van der Waals surface area contributed by atoms with Crippen LogP contribution in [0.1, 0.15) is 42.1 Å². The highest BCUT2D eigenvalue weighted by Gasteiger charge is 2.15. The normalized spacial score (nSPS) is 12.4. The molecule has 0 aliphatic carbocycles. The number of benzene rings is 2. The van der Waals surface area contributed by atoms with Gasteiger partial charge in [0.25, 0.3) is 0 Å². The van der Waals surface area contributed by atoms with Crippen molar-refractivity contribution in [1.29, 1.82) is 0 Å². The average Bonchev–Trinajstić information content (AvgIpc) is 2.47. The number of nitrogens with one attached hydrogen (secondary N) is 1. The van der Waals surface area contributed by atoms with E-state index in [9.17, 15) is 0 Å².